The van der Waals surface area contributed by atoms with Gasteiger partial charge in [0.15, 0.2) is 16.2 Å². The summed E-state index contributed by atoms with van der Waals surface area (Å²) in [7, 11) is 2.46. The molecule has 0 fully saturated rings. The van der Waals surface area contributed by atoms with E-state index in [0.29, 0.717) is 16.5 Å². The summed E-state index contributed by atoms with van der Waals surface area (Å²) in [4.78, 5) is 27.2. The lowest BCUT2D eigenvalue weighted by molar-refractivity contribution is 0.0542. The molecule has 2 aromatic rings. The minimum Gasteiger partial charge on any atom is -0.464 e. The number of aromatic amines is 1. The van der Waals surface area contributed by atoms with Crippen LogP contribution in [0.1, 0.15) is 52.3 Å². The first-order valence-electron chi connectivity index (χ1n) is 7.81. The number of rotatable bonds is 6. The molecule has 0 amide bonds. The highest BCUT2D eigenvalue weighted by atomic mass is 35.5. The zero-order chi connectivity index (χ0) is 19.4. The first-order valence-corrected chi connectivity index (χ1v) is 8.98. The van der Waals surface area contributed by atoms with Gasteiger partial charge in [-0.3, -0.25) is 0 Å². The van der Waals surface area contributed by atoms with Gasteiger partial charge in [-0.15, -0.1) is 0 Å². The molecule has 2 rings (SSSR count). The van der Waals surface area contributed by atoms with Crippen LogP contribution in [0.4, 0.5) is 0 Å². The number of hydrogen-bond acceptors (Lipinski definition) is 5. The highest BCUT2D eigenvalue weighted by Gasteiger charge is 2.29. The average molecular weight is 417 g/mol. The number of methoxy groups -OCH3 is 2. The molecular weight excluding hydrogens is 399 g/mol. The Morgan fingerprint density at radius 2 is 1.85 bits per heavy atom. The summed E-state index contributed by atoms with van der Waals surface area (Å²) in [5.41, 5.74) is 0.761. The molecule has 1 atom stereocenters. The van der Waals surface area contributed by atoms with E-state index in [-0.39, 0.29) is 22.2 Å². The molecule has 0 aliphatic rings. The second kappa shape index (κ2) is 8.70. The van der Waals surface area contributed by atoms with E-state index >= 15 is 0 Å². The minimum atomic E-state index is -0.709. The van der Waals surface area contributed by atoms with Crippen LogP contribution in [-0.4, -0.2) is 35.7 Å². The van der Waals surface area contributed by atoms with Gasteiger partial charge in [0.2, 0.25) is 0 Å². The maximum absolute atomic E-state index is 12.4. The fraction of sp³-hybridized carbons (Fsp3) is 0.353. The fourth-order valence-corrected chi connectivity index (χ4v) is 3.36. The third kappa shape index (κ3) is 3.95. The molecule has 0 saturated heterocycles. The number of carbonyl (C=O) groups excluding carboxylic acids is 2. The van der Waals surface area contributed by atoms with E-state index in [1.807, 2.05) is 13.0 Å². The van der Waals surface area contributed by atoms with Crippen molar-refractivity contribution in [1.82, 2.24) is 9.55 Å². The highest BCUT2D eigenvalue weighted by Crippen LogP contribution is 2.32. The Balaban J connectivity index is 2.73. The maximum Gasteiger partial charge on any atom is 0.357 e. The van der Waals surface area contributed by atoms with E-state index in [1.165, 1.54) is 14.2 Å². The molecule has 1 heterocycles. The van der Waals surface area contributed by atoms with Gasteiger partial charge < -0.3 is 19.0 Å². The summed E-state index contributed by atoms with van der Waals surface area (Å²) < 4.78 is 11.4. The first kappa shape index (κ1) is 20.5. The molecular formula is C17H18Cl2N2O4S. The lowest BCUT2D eigenvalue weighted by Gasteiger charge is -2.21. The molecule has 0 radical (unpaired) electrons. The molecule has 1 N–H and O–H groups in total. The van der Waals surface area contributed by atoms with Gasteiger partial charge in [0, 0.05) is 0 Å². The van der Waals surface area contributed by atoms with Gasteiger partial charge in [-0.1, -0.05) is 42.6 Å². The van der Waals surface area contributed by atoms with E-state index < -0.39 is 11.9 Å². The minimum absolute atomic E-state index is 0.00822. The van der Waals surface area contributed by atoms with Crippen molar-refractivity contribution < 1.29 is 19.1 Å². The number of imidazole rings is 1. The molecule has 1 aromatic heterocycles. The van der Waals surface area contributed by atoms with Crippen LogP contribution in [-0.2, 0) is 9.47 Å². The van der Waals surface area contributed by atoms with E-state index in [9.17, 15) is 9.59 Å². The molecule has 26 heavy (non-hydrogen) atoms. The normalized spacial score (nSPS) is 11.9. The monoisotopic (exact) mass is 416 g/mol. The van der Waals surface area contributed by atoms with Crippen LogP contribution in [0.3, 0.4) is 0 Å². The number of carbonyl (C=O) groups is 2. The van der Waals surface area contributed by atoms with Crippen molar-refractivity contribution in [3.05, 3.63) is 50.0 Å². The number of benzene rings is 1. The smallest absolute Gasteiger partial charge is 0.357 e. The SMILES string of the molecule is CCCC(c1ccc(Cl)c(Cl)c1)n1c(C(=O)OC)c(C(=O)OC)[nH]c1=S. The largest absolute Gasteiger partial charge is 0.464 e. The van der Waals surface area contributed by atoms with Gasteiger partial charge in [0.05, 0.1) is 30.3 Å². The molecule has 0 aliphatic heterocycles. The molecule has 0 aliphatic carbocycles. The topological polar surface area (TPSA) is 73.3 Å². The number of ether oxygens (including phenoxy) is 2. The molecule has 0 spiro atoms. The Kier molecular flexibility index (Phi) is 6.86. The lowest BCUT2D eigenvalue weighted by atomic mass is 10.0. The maximum atomic E-state index is 12.4. The van der Waals surface area contributed by atoms with Gasteiger partial charge in [-0.05, 0) is 36.3 Å². The Hall–Kier alpha value is -1.83. The van der Waals surface area contributed by atoms with Crippen molar-refractivity contribution in [1.29, 1.82) is 0 Å². The summed E-state index contributed by atoms with van der Waals surface area (Å²) in [6, 6.07) is 4.86. The average Bonchev–Trinajstić information content (AvgIpc) is 2.97. The van der Waals surface area contributed by atoms with Gasteiger partial charge in [0.25, 0.3) is 0 Å². The highest BCUT2D eigenvalue weighted by molar-refractivity contribution is 7.71. The number of nitrogens with one attached hydrogen (secondary N) is 1. The Bertz CT molecular complexity index is 891. The predicted octanol–water partition coefficient (Wildman–Crippen LogP) is 4.82. The van der Waals surface area contributed by atoms with Crippen LogP contribution in [0, 0.1) is 4.77 Å². The van der Waals surface area contributed by atoms with Gasteiger partial charge in [-0.25, -0.2) is 9.59 Å². The summed E-state index contributed by atoms with van der Waals surface area (Å²) in [5.74, 6) is -1.40. The summed E-state index contributed by atoms with van der Waals surface area (Å²) in [6.45, 7) is 2.00. The summed E-state index contributed by atoms with van der Waals surface area (Å²) in [6.07, 6.45) is 1.45. The van der Waals surface area contributed by atoms with E-state index in [2.05, 4.69) is 4.98 Å². The standard InChI is InChI=1S/C17H18Cl2N2O4S/c1-4-5-12(9-6-7-10(18)11(19)8-9)21-14(16(23)25-3)13(15(22)24-2)20-17(21)26/h6-8,12H,4-5H2,1-3H3,(H,20,26). The van der Waals surface area contributed by atoms with E-state index in [0.717, 1.165) is 12.0 Å². The lowest BCUT2D eigenvalue weighted by Crippen LogP contribution is -2.20. The zero-order valence-corrected chi connectivity index (χ0v) is 16.8. The van der Waals surface area contributed by atoms with Crippen molar-refractivity contribution in [2.24, 2.45) is 0 Å². The third-order valence-electron chi connectivity index (χ3n) is 3.90. The fourth-order valence-electron chi connectivity index (χ4n) is 2.73. The molecule has 1 unspecified atom stereocenters. The van der Waals surface area contributed by atoms with E-state index in [1.54, 1.807) is 16.7 Å². The third-order valence-corrected chi connectivity index (χ3v) is 4.94. The second-order valence-electron chi connectivity index (χ2n) is 5.48. The number of aromatic nitrogens is 2. The van der Waals surface area contributed by atoms with Crippen LogP contribution in [0.2, 0.25) is 10.0 Å². The zero-order valence-electron chi connectivity index (χ0n) is 14.5. The molecule has 140 valence electrons. The molecule has 1 aromatic carbocycles. The van der Waals surface area contributed by atoms with Gasteiger partial charge in [-0.2, -0.15) is 0 Å². The van der Waals surface area contributed by atoms with E-state index in [4.69, 9.17) is 44.9 Å². The number of esters is 2. The predicted molar refractivity (Wildman–Crippen MR) is 102 cm³/mol. The Morgan fingerprint density at radius 3 is 2.38 bits per heavy atom. The van der Waals surface area contributed by atoms with Gasteiger partial charge in [0.1, 0.15) is 0 Å². The van der Waals surface area contributed by atoms with Crippen molar-refractivity contribution >= 4 is 47.4 Å². The number of H-pyrrole nitrogens is 1. The summed E-state index contributed by atoms with van der Waals surface area (Å²) >= 11 is 17.5. The quantitative estimate of drug-likeness (QED) is 0.539. The van der Waals surface area contributed by atoms with Gasteiger partial charge >= 0.3 is 11.9 Å². The molecule has 9 heteroatoms. The second-order valence-corrected chi connectivity index (χ2v) is 6.69. The van der Waals surface area contributed by atoms with Crippen molar-refractivity contribution in [3.8, 4) is 0 Å². The first-order chi connectivity index (χ1) is 12.3. The van der Waals surface area contributed by atoms with Crippen LogP contribution in [0.15, 0.2) is 18.2 Å². The van der Waals surface area contributed by atoms with Crippen LogP contribution in [0.5, 0.6) is 0 Å². The molecule has 0 bridgehead atoms. The number of halogens is 2. The van der Waals surface area contributed by atoms with Crippen LogP contribution in [0.25, 0.3) is 0 Å². The molecule has 0 saturated carbocycles. The number of hydrogen-bond donors (Lipinski definition) is 1. The molecule has 6 nitrogen and oxygen atoms in total. The van der Waals surface area contributed by atoms with Crippen molar-refractivity contribution in [2.75, 3.05) is 14.2 Å². The Labute approximate surface area is 166 Å². The van der Waals surface area contributed by atoms with Crippen LogP contribution < -0.4 is 0 Å². The Morgan fingerprint density at radius 1 is 1.19 bits per heavy atom. The van der Waals surface area contributed by atoms with Crippen molar-refractivity contribution in [3.63, 3.8) is 0 Å². The van der Waals surface area contributed by atoms with Crippen LogP contribution >= 0.6 is 35.4 Å². The summed E-state index contributed by atoms with van der Waals surface area (Å²) in [5, 5.41) is 0.812. The number of nitrogens with zero attached hydrogens (tertiary/aromatic N) is 1. The van der Waals surface area contributed by atoms with Crippen molar-refractivity contribution in [2.45, 2.75) is 25.8 Å².